The van der Waals surface area contributed by atoms with Gasteiger partial charge >= 0.3 is 0 Å². The maximum absolute atomic E-state index is 11.4. The van der Waals surface area contributed by atoms with Crippen LogP contribution in [0.2, 0.25) is 0 Å². The van der Waals surface area contributed by atoms with Crippen molar-refractivity contribution in [1.29, 1.82) is 5.26 Å². The highest BCUT2D eigenvalue weighted by molar-refractivity contribution is 7.91. The summed E-state index contributed by atoms with van der Waals surface area (Å²) < 4.78 is 24.4. The summed E-state index contributed by atoms with van der Waals surface area (Å²) in [5.41, 5.74) is 1.00. The molecule has 6 nitrogen and oxygen atoms in total. The van der Waals surface area contributed by atoms with Crippen molar-refractivity contribution < 1.29 is 8.42 Å². The Morgan fingerprint density at radius 2 is 2.37 bits per heavy atom. The Kier molecular flexibility index (Phi) is 2.75. The molecule has 0 radical (unpaired) electrons. The van der Waals surface area contributed by atoms with E-state index in [1.165, 1.54) is 0 Å². The fraction of sp³-hybridized carbons (Fsp3) is 0.417. The van der Waals surface area contributed by atoms with E-state index in [2.05, 4.69) is 16.2 Å². The average molecular weight is 276 g/mol. The highest BCUT2D eigenvalue weighted by Crippen LogP contribution is 2.21. The molecule has 1 fully saturated rings. The minimum atomic E-state index is -2.87. The molecular formula is C12H12N4O2S. The lowest BCUT2D eigenvalue weighted by molar-refractivity contribution is 0.569. The highest BCUT2D eigenvalue weighted by Gasteiger charge is 2.28. The van der Waals surface area contributed by atoms with Crippen LogP contribution >= 0.6 is 0 Å². The summed E-state index contributed by atoms with van der Waals surface area (Å²) in [5.74, 6) is 1.17. The average Bonchev–Trinajstić information content (AvgIpc) is 2.91. The summed E-state index contributed by atoms with van der Waals surface area (Å²) in [7, 11) is -2.87. The first-order chi connectivity index (χ1) is 9.07. The van der Waals surface area contributed by atoms with Crippen LogP contribution in [0.5, 0.6) is 0 Å². The molecule has 0 bridgehead atoms. The SMILES string of the molecule is N#Cc1cccn2nc(CC3CCS(=O)(=O)C3)nc12. The molecule has 3 heterocycles. The normalized spacial score (nSPS) is 21.5. The molecule has 2 aromatic rings. The number of hydrogen-bond acceptors (Lipinski definition) is 5. The second-order valence-corrected chi connectivity index (χ2v) is 7.03. The lowest BCUT2D eigenvalue weighted by Gasteiger charge is -2.01. The molecule has 7 heteroatoms. The molecule has 0 N–H and O–H groups in total. The van der Waals surface area contributed by atoms with Crippen LogP contribution in [0.4, 0.5) is 0 Å². The van der Waals surface area contributed by atoms with Gasteiger partial charge in [0.05, 0.1) is 17.1 Å². The summed E-state index contributed by atoms with van der Waals surface area (Å²) in [4.78, 5) is 4.33. The van der Waals surface area contributed by atoms with Gasteiger partial charge in [-0.05, 0) is 24.5 Å². The Morgan fingerprint density at radius 3 is 3.05 bits per heavy atom. The molecule has 1 unspecified atom stereocenters. The van der Waals surface area contributed by atoms with Crippen molar-refractivity contribution in [2.45, 2.75) is 12.8 Å². The van der Waals surface area contributed by atoms with E-state index >= 15 is 0 Å². The molecule has 1 aliphatic rings. The molecule has 1 aliphatic heterocycles. The van der Waals surface area contributed by atoms with Crippen LogP contribution in [-0.4, -0.2) is 34.5 Å². The first kappa shape index (κ1) is 12.1. The van der Waals surface area contributed by atoms with Crippen LogP contribution in [-0.2, 0) is 16.3 Å². The van der Waals surface area contributed by atoms with Gasteiger partial charge in [-0.15, -0.1) is 0 Å². The van der Waals surface area contributed by atoms with E-state index in [0.29, 0.717) is 29.9 Å². The molecule has 19 heavy (non-hydrogen) atoms. The van der Waals surface area contributed by atoms with Gasteiger partial charge in [0.25, 0.3) is 0 Å². The molecule has 0 aromatic carbocycles. The molecule has 0 aliphatic carbocycles. The zero-order valence-corrected chi connectivity index (χ0v) is 11.0. The molecule has 0 spiro atoms. The van der Waals surface area contributed by atoms with Gasteiger partial charge in [-0.2, -0.15) is 10.4 Å². The summed E-state index contributed by atoms with van der Waals surface area (Å²) in [6.45, 7) is 0. The summed E-state index contributed by atoms with van der Waals surface area (Å²) >= 11 is 0. The molecule has 1 atom stereocenters. The summed E-state index contributed by atoms with van der Waals surface area (Å²) in [6.07, 6.45) is 2.95. The van der Waals surface area contributed by atoms with Crippen molar-refractivity contribution in [1.82, 2.24) is 14.6 Å². The van der Waals surface area contributed by atoms with E-state index in [1.807, 2.05) is 0 Å². The third-order valence-electron chi connectivity index (χ3n) is 3.32. The number of fused-ring (bicyclic) bond motifs is 1. The van der Waals surface area contributed by atoms with Crippen molar-refractivity contribution in [2.75, 3.05) is 11.5 Å². The van der Waals surface area contributed by atoms with Gasteiger partial charge < -0.3 is 0 Å². The van der Waals surface area contributed by atoms with Gasteiger partial charge in [0.1, 0.15) is 6.07 Å². The third kappa shape index (κ3) is 2.31. The van der Waals surface area contributed by atoms with Gasteiger partial charge in [-0.25, -0.2) is 17.9 Å². The Hall–Kier alpha value is -1.94. The fourth-order valence-electron chi connectivity index (χ4n) is 2.42. The van der Waals surface area contributed by atoms with E-state index in [4.69, 9.17) is 5.26 Å². The van der Waals surface area contributed by atoms with E-state index < -0.39 is 9.84 Å². The quantitative estimate of drug-likeness (QED) is 0.800. The zero-order valence-electron chi connectivity index (χ0n) is 10.2. The molecule has 1 saturated heterocycles. The second kappa shape index (κ2) is 4.31. The largest absolute Gasteiger partial charge is 0.229 e. The van der Waals surface area contributed by atoms with Gasteiger partial charge in [-0.3, -0.25) is 0 Å². The molecular weight excluding hydrogens is 264 g/mol. The van der Waals surface area contributed by atoms with Crippen LogP contribution in [0.15, 0.2) is 18.3 Å². The maximum Gasteiger partial charge on any atom is 0.173 e. The number of nitrogens with zero attached hydrogens (tertiary/aromatic N) is 4. The summed E-state index contributed by atoms with van der Waals surface area (Å²) in [6, 6.07) is 5.50. The van der Waals surface area contributed by atoms with E-state index in [-0.39, 0.29) is 17.4 Å². The predicted octanol–water partition coefficient (Wildman–Crippen LogP) is 0.578. The van der Waals surface area contributed by atoms with Crippen LogP contribution < -0.4 is 0 Å². The second-order valence-electron chi connectivity index (χ2n) is 4.80. The van der Waals surface area contributed by atoms with E-state index in [9.17, 15) is 8.42 Å². The zero-order chi connectivity index (χ0) is 13.5. The van der Waals surface area contributed by atoms with Crippen molar-refractivity contribution in [3.63, 3.8) is 0 Å². The molecule has 0 saturated carbocycles. The Balaban J connectivity index is 1.89. The highest BCUT2D eigenvalue weighted by atomic mass is 32.2. The van der Waals surface area contributed by atoms with E-state index in [0.717, 1.165) is 0 Å². The molecule has 0 amide bonds. The standard InChI is InChI=1S/C12H12N4O2S/c13-7-10-2-1-4-16-12(10)14-11(15-16)6-9-3-5-19(17,18)8-9/h1-2,4,9H,3,5-6,8H2. The Morgan fingerprint density at radius 1 is 1.53 bits per heavy atom. The van der Waals surface area contributed by atoms with Gasteiger partial charge in [0, 0.05) is 12.6 Å². The summed E-state index contributed by atoms with van der Waals surface area (Å²) in [5, 5.41) is 13.3. The minimum absolute atomic E-state index is 0.0907. The number of hydrogen-bond donors (Lipinski definition) is 0. The minimum Gasteiger partial charge on any atom is -0.229 e. The first-order valence-corrected chi connectivity index (χ1v) is 7.84. The Labute approximate surface area is 110 Å². The molecule has 98 valence electrons. The smallest absolute Gasteiger partial charge is 0.173 e. The maximum atomic E-state index is 11.4. The number of sulfone groups is 1. The first-order valence-electron chi connectivity index (χ1n) is 6.02. The van der Waals surface area contributed by atoms with Gasteiger partial charge in [0.15, 0.2) is 21.3 Å². The number of rotatable bonds is 2. The van der Waals surface area contributed by atoms with Crippen molar-refractivity contribution >= 4 is 15.5 Å². The van der Waals surface area contributed by atoms with Crippen LogP contribution in [0.1, 0.15) is 17.8 Å². The Bertz CT molecular complexity index is 773. The predicted molar refractivity (Wildman–Crippen MR) is 68.2 cm³/mol. The van der Waals surface area contributed by atoms with Crippen molar-refractivity contribution in [2.24, 2.45) is 5.92 Å². The number of aromatic nitrogens is 3. The lowest BCUT2D eigenvalue weighted by Crippen LogP contribution is -2.08. The van der Waals surface area contributed by atoms with Crippen LogP contribution in [0.3, 0.4) is 0 Å². The monoisotopic (exact) mass is 276 g/mol. The molecule has 3 rings (SSSR count). The third-order valence-corrected chi connectivity index (χ3v) is 5.16. The van der Waals surface area contributed by atoms with E-state index in [1.54, 1.807) is 22.8 Å². The number of pyridine rings is 1. The van der Waals surface area contributed by atoms with Crippen LogP contribution in [0.25, 0.3) is 5.65 Å². The fourth-order valence-corrected chi connectivity index (χ4v) is 4.28. The lowest BCUT2D eigenvalue weighted by atomic mass is 10.1. The number of nitriles is 1. The van der Waals surface area contributed by atoms with Crippen LogP contribution in [0, 0.1) is 17.2 Å². The molecule has 2 aromatic heterocycles. The van der Waals surface area contributed by atoms with Gasteiger partial charge in [0.2, 0.25) is 0 Å². The van der Waals surface area contributed by atoms with Gasteiger partial charge in [-0.1, -0.05) is 0 Å². The van der Waals surface area contributed by atoms with Crippen molar-refractivity contribution in [3.05, 3.63) is 29.7 Å². The topological polar surface area (TPSA) is 88.1 Å². The van der Waals surface area contributed by atoms with Crippen molar-refractivity contribution in [3.8, 4) is 6.07 Å².